The Morgan fingerprint density at radius 3 is 2.50 bits per heavy atom. The van der Waals surface area contributed by atoms with Crippen molar-refractivity contribution in [2.75, 3.05) is 6.61 Å². The van der Waals surface area contributed by atoms with E-state index in [2.05, 4.69) is 21.2 Å². The molecule has 0 aliphatic heterocycles. The van der Waals surface area contributed by atoms with Gasteiger partial charge in [-0.2, -0.15) is 0 Å². The number of carbonyl (C=O) groups is 2. The third-order valence-corrected chi connectivity index (χ3v) is 3.85. The molecule has 1 atom stereocenters. The van der Waals surface area contributed by atoms with Crippen LogP contribution in [0.3, 0.4) is 0 Å². The van der Waals surface area contributed by atoms with Gasteiger partial charge >= 0.3 is 0 Å². The number of halogens is 1. The Morgan fingerprint density at radius 2 is 1.92 bits per heavy atom. The number of hydrogen-bond acceptors (Lipinski definition) is 4. The fourth-order valence-electron chi connectivity index (χ4n) is 2.25. The number of aliphatic carboxylic acids is 1. The molecule has 0 radical (unpaired) electrons. The molecule has 1 N–H and O–H groups in total. The summed E-state index contributed by atoms with van der Waals surface area (Å²) in [5.41, 5.74) is 1.12. The van der Waals surface area contributed by atoms with Crippen molar-refractivity contribution >= 4 is 27.8 Å². The average molecular weight is 391 g/mol. The van der Waals surface area contributed by atoms with Crippen molar-refractivity contribution in [2.24, 2.45) is 0 Å². The Hall–Kier alpha value is -2.34. The van der Waals surface area contributed by atoms with E-state index >= 15 is 0 Å². The van der Waals surface area contributed by atoms with Gasteiger partial charge in [-0.1, -0.05) is 34.1 Å². The van der Waals surface area contributed by atoms with Gasteiger partial charge in [0, 0.05) is 22.4 Å². The van der Waals surface area contributed by atoms with E-state index in [0.29, 0.717) is 23.5 Å². The van der Waals surface area contributed by atoms with Crippen LogP contribution in [-0.2, 0) is 4.79 Å². The second-order valence-electron chi connectivity index (χ2n) is 5.11. The van der Waals surface area contributed by atoms with Crippen LogP contribution in [0.25, 0.3) is 0 Å². The van der Waals surface area contributed by atoms with Gasteiger partial charge in [-0.05, 0) is 42.8 Å². The molecule has 2 rings (SSSR count). The summed E-state index contributed by atoms with van der Waals surface area (Å²) in [6.45, 7) is 2.42. The first-order valence-corrected chi connectivity index (χ1v) is 8.28. The highest BCUT2D eigenvalue weighted by molar-refractivity contribution is 9.10. The normalized spacial score (nSPS) is 11.6. The molecule has 2 aromatic rings. The molecular formula is C18H17BrNO4-. The van der Waals surface area contributed by atoms with Crippen LogP contribution in [0.5, 0.6) is 5.75 Å². The number of carboxylic acid groups (broad SMARTS) is 1. The van der Waals surface area contributed by atoms with Crippen LogP contribution in [0.4, 0.5) is 0 Å². The van der Waals surface area contributed by atoms with Gasteiger partial charge in [0.2, 0.25) is 0 Å². The molecule has 0 fully saturated rings. The molecule has 0 saturated carbocycles. The Bertz CT molecular complexity index is 715. The van der Waals surface area contributed by atoms with Crippen molar-refractivity contribution in [3.8, 4) is 5.75 Å². The summed E-state index contributed by atoms with van der Waals surface area (Å²) in [6, 6.07) is 13.2. The molecule has 0 heterocycles. The topological polar surface area (TPSA) is 78.5 Å². The smallest absolute Gasteiger partial charge is 0.251 e. The summed E-state index contributed by atoms with van der Waals surface area (Å²) in [6.07, 6.45) is -0.312. The maximum Gasteiger partial charge on any atom is 0.251 e. The molecule has 5 nitrogen and oxygen atoms in total. The number of amides is 1. The highest BCUT2D eigenvalue weighted by Gasteiger charge is 2.16. The van der Waals surface area contributed by atoms with Gasteiger partial charge in [0.1, 0.15) is 5.75 Å². The Balaban J connectivity index is 2.18. The Morgan fingerprint density at radius 1 is 1.21 bits per heavy atom. The summed E-state index contributed by atoms with van der Waals surface area (Å²) in [7, 11) is 0. The van der Waals surface area contributed by atoms with Gasteiger partial charge in [0.05, 0.1) is 12.6 Å². The zero-order chi connectivity index (χ0) is 17.5. The lowest BCUT2D eigenvalue weighted by atomic mass is 10.0. The van der Waals surface area contributed by atoms with Crippen molar-refractivity contribution in [3.05, 3.63) is 64.1 Å². The summed E-state index contributed by atoms with van der Waals surface area (Å²) >= 11 is 3.31. The zero-order valence-electron chi connectivity index (χ0n) is 13.1. The molecule has 0 spiro atoms. The highest BCUT2D eigenvalue weighted by atomic mass is 79.9. The van der Waals surface area contributed by atoms with Gasteiger partial charge in [0.15, 0.2) is 0 Å². The van der Waals surface area contributed by atoms with E-state index in [1.807, 2.05) is 13.0 Å². The fourth-order valence-corrected chi connectivity index (χ4v) is 2.65. The molecule has 24 heavy (non-hydrogen) atoms. The first-order valence-electron chi connectivity index (χ1n) is 7.48. The monoisotopic (exact) mass is 390 g/mol. The summed E-state index contributed by atoms with van der Waals surface area (Å²) in [5, 5.41) is 13.8. The number of rotatable bonds is 7. The largest absolute Gasteiger partial charge is 0.550 e. The first-order chi connectivity index (χ1) is 11.5. The third kappa shape index (κ3) is 5.09. The Kier molecular flexibility index (Phi) is 6.37. The lowest BCUT2D eigenvalue weighted by molar-refractivity contribution is -0.306. The van der Waals surface area contributed by atoms with Crippen LogP contribution in [-0.4, -0.2) is 18.5 Å². The number of ether oxygens (including phenoxy) is 1. The molecule has 6 heteroatoms. The molecule has 126 valence electrons. The van der Waals surface area contributed by atoms with E-state index in [0.717, 1.165) is 4.47 Å². The van der Waals surface area contributed by atoms with Crippen molar-refractivity contribution in [3.63, 3.8) is 0 Å². The van der Waals surface area contributed by atoms with Gasteiger partial charge in [-0.15, -0.1) is 0 Å². The molecule has 0 aliphatic carbocycles. The van der Waals surface area contributed by atoms with Crippen LogP contribution in [0.2, 0.25) is 0 Å². The molecular weight excluding hydrogens is 374 g/mol. The van der Waals surface area contributed by atoms with Gasteiger partial charge in [0.25, 0.3) is 5.91 Å². The van der Waals surface area contributed by atoms with Gasteiger partial charge in [-0.3, -0.25) is 4.79 Å². The third-order valence-electron chi connectivity index (χ3n) is 3.36. The predicted molar refractivity (Wildman–Crippen MR) is 91.6 cm³/mol. The van der Waals surface area contributed by atoms with E-state index in [1.54, 1.807) is 42.5 Å². The van der Waals surface area contributed by atoms with Gasteiger partial charge < -0.3 is 20.0 Å². The minimum absolute atomic E-state index is 0.312. The van der Waals surface area contributed by atoms with Crippen LogP contribution in [0.15, 0.2) is 53.0 Å². The van der Waals surface area contributed by atoms with E-state index in [4.69, 9.17) is 4.74 Å². The SMILES string of the molecule is CCOc1ccc([C@H](CC(=O)[O-])NC(=O)c2cccc(Br)c2)cc1. The number of carbonyl (C=O) groups excluding carboxylic acids is 2. The minimum Gasteiger partial charge on any atom is -0.550 e. The van der Waals surface area contributed by atoms with Crippen molar-refractivity contribution < 1.29 is 19.4 Å². The van der Waals surface area contributed by atoms with E-state index in [1.165, 1.54) is 0 Å². The standard InChI is InChI=1S/C18H18BrNO4/c1-2-24-15-8-6-12(7-9-15)16(11-17(21)22)20-18(23)13-4-3-5-14(19)10-13/h3-10,16H,2,11H2,1H3,(H,20,23)(H,21,22)/p-1/t16-/m0/s1. The van der Waals surface area contributed by atoms with E-state index < -0.39 is 12.0 Å². The maximum absolute atomic E-state index is 12.4. The highest BCUT2D eigenvalue weighted by Crippen LogP contribution is 2.21. The molecule has 0 unspecified atom stereocenters. The summed E-state index contributed by atoms with van der Waals surface area (Å²) in [4.78, 5) is 23.4. The van der Waals surface area contributed by atoms with E-state index in [-0.39, 0.29) is 12.3 Å². The predicted octanol–water partition coefficient (Wildman–Crippen LogP) is 2.46. The number of benzene rings is 2. The molecule has 1 amide bonds. The zero-order valence-corrected chi connectivity index (χ0v) is 14.7. The molecule has 0 saturated heterocycles. The minimum atomic E-state index is -1.23. The van der Waals surface area contributed by atoms with Gasteiger partial charge in [-0.25, -0.2) is 0 Å². The summed E-state index contributed by atoms with van der Waals surface area (Å²) < 4.78 is 6.14. The van der Waals surface area contributed by atoms with Crippen LogP contribution >= 0.6 is 15.9 Å². The van der Waals surface area contributed by atoms with Crippen molar-refractivity contribution in [1.29, 1.82) is 0 Å². The fraction of sp³-hybridized carbons (Fsp3) is 0.222. The van der Waals surface area contributed by atoms with E-state index in [9.17, 15) is 14.7 Å². The first kappa shape index (κ1) is 18.0. The Labute approximate surface area is 148 Å². The molecule has 2 aromatic carbocycles. The average Bonchev–Trinajstić information content (AvgIpc) is 2.55. The summed E-state index contributed by atoms with van der Waals surface area (Å²) in [5.74, 6) is -0.897. The number of hydrogen-bond donors (Lipinski definition) is 1. The second kappa shape index (κ2) is 8.49. The van der Waals surface area contributed by atoms with Crippen molar-refractivity contribution in [1.82, 2.24) is 5.32 Å². The number of carboxylic acids is 1. The lowest BCUT2D eigenvalue weighted by Crippen LogP contribution is -2.34. The van der Waals surface area contributed by atoms with Crippen molar-refractivity contribution in [2.45, 2.75) is 19.4 Å². The quantitative estimate of drug-likeness (QED) is 0.787. The second-order valence-corrected chi connectivity index (χ2v) is 6.03. The molecule has 0 aromatic heterocycles. The lowest BCUT2D eigenvalue weighted by Gasteiger charge is -2.20. The van der Waals surface area contributed by atoms with Crippen LogP contribution in [0, 0.1) is 0 Å². The number of nitrogens with one attached hydrogen (secondary N) is 1. The van der Waals surface area contributed by atoms with Crippen LogP contribution < -0.4 is 15.2 Å². The maximum atomic E-state index is 12.4. The van der Waals surface area contributed by atoms with Crippen LogP contribution in [0.1, 0.15) is 35.3 Å². The molecule has 0 bridgehead atoms. The molecule has 0 aliphatic rings.